The van der Waals surface area contributed by atoms with Gasteiger partial charge < -0.3 is 14.9 Å². The Morgan fingerprint density at radius 2 is 1.53 bits per heavy atom. The van der Waals surface area contributed by atoms with Gasteiger partial charge in [0.15, 0.2) is 0 Å². The van der Waals surface area contributed by atoms with Gasteiger partial charge in [-0.3, -0.25) is 4.79 Å². The molecule has 4 nitrogen and oxygen atoms in total. The number of piperidine rings is 1. The van der Waals surface area contributed by atoms with E-state index in [1.165, 1.54) is 53.4 Å². The van der Waals surface area contributed by atoms with Gasteiger partial charge in [-0.1, -0.05) is 84.4 Å². The van der Waals surface area contributed by atoms with Crippen molar-refractivity contribution < 1.29 is 23.6 Å². The van der Waals surface area contributed by atoms with Crippen molar-refractivity contribution in [2.24, 2.45) is 0 Å². The van der Waals surface area contributed by atoms with Gasteiger partial charge in [0.25, 0.3) is 0 Å². The first-order chi connectivity index (χ1) is 20.3. The maximum absolute atomic E-state index is 14.7. The lowest BCUT2D eigenvalue weighted by Crippen LogP contribution is -2.48. The van der Waals surface area contributed by atoms with Crippen LogP contribution in [0.25, 0.3) is 0 Å². The van der Waals surface area contributed by atoms with Gasteiger partial charge in [0.2, 0.25) is 5.91 Å². The molecule has 4 rings (SSSR count). The maximum atomic E-state index is 14.7. The molecule has 1 N–H and O–H groups in total. The molecule has 34 heavy (non-hydrogen) atoms. The highest BCUT2D eigenvalue weighted by Crippen LogP contribution is 2.39. The van der Waals surface area contributed by atoms with Crippen LogP contribution in [0, 0.1) is 0 Å². The van der Waals surface area contributed by atoms with E-state index in [1.54, 1.807) is 36.4 Å². The quantitative estimate of drug-likeness (QED) is 0.506. The summed E-state index contributed by atoms with van der Waals surface area (Å²) in [5.74, 6) is -1.64. The van der Waals surface area contributed by atoms with Crippen LogP contribution in [0.4, 0.5) is 0 Å². The van der Waals surface area contributed by atoms with E-state index in [-0.39, 0.29) is 42.0 Å². The van der Waals surface area contributed by atoms with E-state index in [9.17, 15) is 15.4 Å². The van der Waals surface area contributed by atoms with E-state index in [0.29, 0.717) is 10.6 Å². The topological polar surface area (TPSA) is 43.8 Å². The first-order valence-corrected chi connectivity index (χ1v) is 11.4. The minimum atomic E-state index is -3.53. The molecule has 0 atom stereocenters. The lowest BCUT2D eigenvalue weighted by molar-refractivity contribution is -0.133. The van der Waals surface area contributed by atoms with Crippen LogP contribution in [0.5, 0.6) is 0 Å². The van der Waals surface area contributed by atoms with Crippen LogP contribution in [0.2, 0.25) is 5.02 Å². The lowest BCUT2D eigenvalue weighted by atomic mass is 9.70. The molecule has 3 aromatic carbocycles. The molecular formula is C29H33ClN2O2. The number of rotatable bonds is 7. The second-order valence-corrected chi connectivity index (χ2v) is 8.82. The van der Waals surface area contributed by atoms with Crippen LogP contribution < -0.4 is 0 Å². The summed E-state index contributed by atoms with van der Waals surface area (Å²) < 4.78 is 85.5. The minimum Gasteiger partial charge on any atom is -0.385 e. The summed E-state index contributed by atoms with van der Waals surface area (Å²) in [4.78, 5) is 15.5. The third-order valence-corrected chi connectivity index (χ3v) is 6.56. The average Bonchev–Trinajstić information content (AvgIpc) is 2.93. The molecule has 1 saturated heterocycles. The molecule has 0 saturated carbocycles. The van der Waals surface area contributed by atoms with Gasteiger partial charge in [-0.05, 0) is 54.5 Å². The summed E-state index contributed by atoms with van der Waals surface area (Å²) in [6.07, 6.45) is -3.26. The van der Waals surface area contributed by atoms with Gasteiger partial charge in [0, 0.05) is 45.8 Å². The second kappa shape index (κ2) is 10.3. The molecule has 1 fully saturated rings. The molecule has 1 heterocycles. The number of halogens is 1. The van der Waals surface area contributed by atoms with Crippen LogP contribution in [-0.4, -0.2) is 54.4 Å². The van der Waals surface area contributed by atoms with Crippen molar-refractivity contribution in [3.05, 3.63) is 107 Å². The molecule has 0 aliphatic carbocycles. The van der Waals surface area contributed by atoms with Crippen molar-refractivity contribution in [2.75, 3.05) is 33.5 Å². The second-order valence-electron chi connectivity index (χ2n) is 8.38. The number of likely N-dealkylation sites (tertiary alicyclic amines) is 1. The number of benzene rings is 3. The Morgan fingerprint density at radius 3 is 2.03 bits per heavy atom. The molecule has 0 aromatic heterocycles. The fourth-order valence-corrected chi connectivity index (χ4v) is 4.48. The van der Waals surface area contributed by atoms with E-state index in [2.05, 4.69) is 0 Å². The number of nitrogens with zero attached hydrogens (tertiary/aromatic N) is 2. The Hall–Kier alpha value is -2.66. The third kappa shape index (κ3) is 4.90. The van der Waals surface area contributed by atoms with Gasteiger partial charge >= 0.3 is 0 Å². The Labute approximate surface area is 221 Å². The number of likely N-dealkylation sites (N-methyl/N-ethyl adjacent to an activating group) is 1. The lowest BCUT2D eigenvalue weighted by Gasteiger charge is -2.41. The van der Waals surface area contributed by atoms with Crippen LogP contribution in [0.1, 0.15) is 49.6 Å². The molecule has 0 bridgehead atoms. The molecule has 3 aromatic rings. The molecule has 0 spiro atoms. The number of carbonyl (C=O) groups excluding carboxylic acids is 1. The van der Waals surface area contributed by atoms with Crippen LogP contribution in [-0.2, 0) is 15.8 Å². The number of hydrogen-bond acceptors (Lipinski definition) is 3. The van der Waals surface area contributed by atoms with Crippen molar-refractivity contribution in [3.8, 4) is 0 Å². The summed E-state index contributed by atoms with van der Waals surface area (Å²) in [7, 11) is 0. The zero-order valence-electron chi connectivity index (χ0n) is 28.5. The smallest absolute Gasteiger partial charge is 0.237 e. The highest BCUT2D eigenvalue weighted by molar-refractivity contribution is 6.30. The van der Waals surface area contributed by atoms with Crippen molar-refractivity contribution in [2.45, 2.75) is 30.2 Å². The monoisotopic (exact) mass is 486 g/mol. The van der Waals surface area contributed by atoms with Crippen molar-refractivity contribution in [3.63, 3.8) is 0 Å². The van der Waals surface area contributed by atoms with Gasteiger partial charge in [-0.15, -0.1) is 0 Å². The molecular weight excluding hydrogens is 444 g/mol. The predicted octanol–water partition coefficient (Wildman–Crippen LogP) is 5.09. The van der Waals surface area contributed by atoms with Crippen LogP contribution >= 0.6 is 11.6 Å². The number of hydrogen-bond donors (Lipinski definition) is 1. The van der Waals surface area contributed by atoms with Gasteiger partial charge in [0.05, 0.1) is 5.60 Å². The normalized spacial score (nSPS) is 22.2. The fraction of sp³-hybridized carbons (Fsp3) is 0.345. The predicted molar refractivity (Wildman–Crippen MR) is 138 cm³/mol. The number of aliphatic hydroxyl groups is 1. The number of amides is 1. The molecule has 5 heteroatoms. The molecule has 0 unspecified atom stereocenters. The zero-order chi connectivity index (χ0) is 32.8. The molecule has 178 valence electrons. The summed E-state index contributed by atoms with van der Waals surface area (Å²) >= 11 is 5.99. The largest absolute Gasteiger partial charge is 0.385 e. The first kappa shape index (κ1) is 14.7. The Balaban J connectivity index is 1.91. The van der Waals surface area contributed by atoms with Gasteiger partial charge in [-0.2, -0.15) is 0 Å². The molecule has 0 radical (unpaired) electrons. The van der Waals surface area contributed by atoms with E-state index >= 15 is 0 Å². The molecule has 1 aliphatic rings. The van der Waals surface area contributed by atoms with Crippen LogP contribution in [0.15, 0.2) is 84.9 Å². The molecule has 1 amide bonds. The van der Waals surface area contributed by atoms with E-state index in [4.69, 9.17) is 19.8 Å². The highest BCUT2D eigenvalue weighted by Gasteiger charge is 2.43. The number of carbonyl (C=O) groups is 1. The third-order valence-electron chi connectivity index (χ3n) is 6.31. The Bertz CT molecular complexity index is 1390. The van der Waals surface area contributed by atoms with Gasteiger partial charge in [-0.25, -0.2) is 0 Å². The van der Waals surface area contributed by atoms with Crippen molar-refractivity contribution >= 4 is 17.5 Å². The highest BCUT2D eigenvalue weighted by atomic mass is 35.5. The summed E-state index contributed by atoms with van der Waals surface area (Å²) in [5, 5.41) is 11.9. The maximum Gasteiger partial charge on any atom is 0.237 e. The Morgan fingerprint density at radius 1 is 1.00 bits per heavy atom. The summed E-state index contributed by atoms with van der Waals surface area (Å²) in [6, 6.07) is 21.1. The van der Waals surface area contributed by atoms with Crippen molar-refractivity contribution in [1.82, 2.24) is 9.80 Å². The average molecular weight is 487 g/mol. The minimum absolute atomic E-state index is 0.0124. The molecule has 1 aliphatic heterocycles. The van der Waals surface area contributed by atoms with Gasteiger partial charge in [0.1, 0.15) is 5.41 Å². The zero-order valence-corrected chi connectivity index (χ0v) is 19.3. The standard InChI is InChI=1S/C29H33ClN2O2/c1-31(2)27(33)29(24-9-5-3-6-10-24,25-11-7-4-8-12-25)19-22-32-20-17-28(34,18-21-32)23-13-15-26(30)16-14-23/h3-16,34H,17-22H2,1-2H3/i1D3,2D3,19D2,22D2. The fourth-order valence-electron chi connectivity index (χ4n) is 4.36. The Kier molecular flexibility index (Phi) is 4.45. The first-order valence-electron chi connectivity index (χ1n) is 16.0. The SMILES string of the molecule is [2H]C([2H])([2H])N(C(=O)C(c1ccccc1)(c1ccccc1)C([2H])([2H])C([2H])([2H])N1CCC(O)(c2ccc(Cl)cc2)CC1)C([2H])([2H])[2H]. The van der Waals surface area contributed by atoms with E-state index < -0.39 is 43.7 Å². The summed E-state index contributed by atoms with van der Waals surface area (Å²) in [6.45, 7) is -10.3. The van der Waals surface area contributed by atoms with Crippen molar-refractivity contribution in [1.29, 1.82) is 0 Å². The van der Waals surface area contributed by atoms with Crippen LogP contribution in [0.3, 0.4) is 0 Å². The van der Waals surface area contributed by atoms with E-state index in [1.807, 2.05) is 0 Å². The van der Waals surface area contributed by atoms with E-state index in [0.717, 1.165) is 0 Å². The summed E-state index contributed by atoms with van der Waals surface area (Å²) in [5.41, 5.74) is -3.83.